The zero-order valence-corrected chi connectivity index (χ0v) is 25.8. The van der Waals surface area contributed by atoms with Crippen LogP contribution in [0.4, 0.5) is 0 Å². The van der Waals surface area contributed by atoms with Crippen molar-refractivity contribution in [2.24, 2.45) is 0 Å². The second-order valence-corrected chi connectivity index (χ2v) is 12.6. The van der Waals surface area contributed by atoms with Gasteiger partial charge in [-0.15, -0.1) is 0 Å². The smallest absolute Gasteiger partial charge is 0.165 e. The maximum absolute atomic E-state index is 5.40. The van der Waals surface area contributed by atoms with Crippen LogP contribution in [-0.2, 0) is 0 Å². The van der Waals surface area contributed by atoms with Crippen molar-refractivity contribution in [3.05, 3.63) is 158 Å². The maximum Gasteiger partial charge on any atom is 0.165 e. The molecule has 0 saturated carbocycles. The highest BCUT2D eigenvalue weighted by Gasteiger charge is 2.29. The molecule has 4 nitrogen and oxygen atoms in total. The highest BCUT2D eigenvalue weighted by Crippen LogP contribution is 2.51. The molecule has 4 heterocycles. The van der Waals surface area contributed by atoms with Gasteiger partial charge in [-0.05, 0) is 47.5 Å². The Kier molecular flexibility index (Phi) is 5.08. The highest BCUT2D eigenvalue weighted by atomic mass is 15.1. The van der Waals surface area contributed by atoms with Crippen molar-refractivity contribution < 1.29 is 0 Å². The molecule has 0 radical (unpaired) electrons. The van der Waals surface area contributed by atoms with Crippen LogP contribution in [0.3, 0.4) is 0 Å². The Morgan fingerprint density at radius 3 is 1.83 bits per heavy atom. The van der Waals surface area contributed by atoms with Crippen LogP contribution >= 0.6 is 0 Å². The first-order valence-electron chi connectivity index (χ1n) is 16.4. The van der Waals surface area contributed by atoms with Crippen LogP contribution in [0.5, 0.6) is 0 Å². The lowest BCUT2D eigenvalue weighted by Gasteiger charge is -2.15. The van der Waals surface area contributed by atoms with E-state index in [9.17, 15) is 0 Å². The van der Waals surface area contributed by atoms with Gasteiger partial charge in [-0.3, -0.25) is 4.57 Å². The molecular weight excluding hydrogens is 585 g/mol. The number of hydrogen-bond donors (Lipinski definition) is 0. The van der Waals surface area contributed by atoms with Crippen molar-refractivity contribution in [2.45, 2.75) is 0 Å². The van der Waals surface area contributed by atoms with E-state index in [0.717, 1.165) is 39.1 Å². The zero-order valence-electron chi connectivity index (χ0n) is 25.8. The van der Waals surface area contributed by atoms with Gasteiger partial charge in [-0.2, -0.15) is 0 Å². The fourth-order valence-corrected chi connectivity index (χ4v) is 8.08. The molecule has 0 N–H and O–H groups in total. The topological polar surface area (TPSA) is 35.6 Å². The Labute approximate surface area is 275 Å². The van der Waals surface area contributed by atoms with Crippen molar-refractivity contribution >= 4 is 54.6 Å². The van der Waals surface area contributed by atoms with Gasteiger partial charge in [0, 0.05) is 38.2 Å². The number of benzene rings is 7. The van der Waals surface area contributed by atoms with Crippen molar-refractivity contribution in [1.29, 1.82) is 0 Å². The number of rotatable bonds is 2. The fourth-order valence-electron chi connectivity index (χ4n) is 8.08. The van der Waals surface area contributed by atoms with E-state index in [1.165, 1.54) is 60.5 Å². The third-order valence-electron chi connectivity index (χ3n) is 10.0. The largest absolute Gasteiger partial charge is 0.308 e. The summed E-state index contributed by atoms with van der Waals surface area (Å²) in [6.45, 7) is 0. The molecule has 10 aromatic rings. The Hall–Kier alpha value is -6.52. The quantitative estimate of drug-likeness (QED) is 0.195. The van der Waals surface area contributed by atoms with Crippen LogP contribution in [0.1, 0.15) is 0 Å². The molecule has 11 rings (SSSR count). The third-order valence-corrected chi connectivity index (χ3v) is 10.0. The number of aromatic nitrogens is 4. The first-order valence-corrected chi connectivity index (χ1v) is 16.4. The summed E-state index contributed by atoms with van der Waals surface area (Å²) in [4.78, 5) is 10.7. The van der Waals surface area contributed by atoms with Crippen LogP contribution in [-0.4, -0.2) is 19.1 Å². The lowest BCUT2D eigenvalue weighted by molar-refractivity contribution is 1.08. The normalized spacial score (nSPS) is 12.2. The second kappa shape index (κ2) is 9.50. The molecule has 0 fully saturated rings. The first-order chi connectivity index (χ1) is 23.8. The number of nitrogens with zero attached hydrogens (tertiary/aromatic N) is 4. The maximum atomic E-state index is 5.40. The molecule has 0 amide bonds. The van der Waals surface area contributed by atoms with Crippen LogP contribution < -0.4 is 0 Å². The summed E-state index contributed by atoms with van der Waals surface area (Å²) in [5.74, 6) is 0.826. The summed E-state index contributed by atoms with van der Waals surface area (Å²) >= 11 is 0. The minimum Gasteiger partial charge on any atom is -0.308 e. The van der Waals surface area contributed by atoms with Gasteiger partial charge < -0.3 is 4.57 Å². The predicted octanol–water partition coefficient (Wildman–Crippen LogP) is 11.1. The van der Waals surface area contributed by atoms with Crippen molar-refractivity contribution in [2.75, 3.05) is 0 Å². The average molecular weight is 611 g/mol. The van der Waals surface area contributed by atoms with Crippen molar-refractivity contribution in [3.8, 4) is 45.0 Å². The molecule has 4 heteroatoms. The Morgan fingerprint density at radius 1 is 0.417 bits per heavy atom. The summed E-state index contributed by atoms with van der Waals surface area (Å²) in [6.07, 6.45) is 0. The van der Waals surface area contributed by atoms with Gasteiger partial charge in [0.2, 0.25) is 0 Å². The molecule has 0 spiro atoms. The van der Waals surface area contributed by atoms with Gasteiger partial charge in [0.05, 0.1) is 38.8 Å². The van der Waals surface area contributed by atoms with E-state index in [0.29, 0.717) is 0 Å². The zero-order chi connectivity index (χ0) is 31.3. The molecule has 48 heavy (non-hydrogen) atoms. The first kappa shape index (κ1) is 25.6. The van der Waals surface area contributed by atoms with Crippen molar-refractivity contribution in [3.63, 3.8) is 0 Å². The number of fused-ring (bicyclic) bond motifs is 13. The Morgan fingerprint density at radius 2 is 1.02 bits per heavy atom. The standard InChI is InChI=1S/C44H26N4/c1-2-14-27(15-3-1)42-44(46-35-22-10-9-21-34(35)45-42)48-38-25-13-8-20-32(38)40-39(48)26-33-30-18-7-12-24-37(30)47-36-23-11-6-17-29(36)28-16-4-5-19-31(28)41(40)43(33)47/h1-26H. The van der Waals surface area contributed by atoms with E-state index in [1.54, 1.807) is 0 Å². The molecule has 1 aliphatic rings. The summed E-state index contributed by atoms with van der Waals surface area (Å²) in [6, 6.07) is 56.3. The molecule has 1 aliphatic heterocycles. The van der Waals surface area contributed by atoms with E-state index >= 15 is 0 Å². The molecule has 222 valence electrons. The van der Waals surface area contributed by atoms with Gasteiger partial charge in [0.1, 0.15) is 5.69 Å². The minimum absolute atomic E-state index is 0.826. The SMILES string of the molecule is c1ccc(-c2nc3ccccc3nc2-n2c3ccccc3c3c4c5c(cc32)c2ccccc2n5-c2ccccc2-c2ccccc2-4)cc1. The monoisotopic (exact) mass is 610 g/mol. The summed E-state index contributed by atoms with van der Waals surface area (Å²) in [5.41, 5.74) is 14.4. The van der Waals surface area contributed by atoms with E-state index < -0.39 is 0 Å². The van der Waals surface area contributed by atoms with Crippen molar-refractivity contribution in [1.82, 2.24) is 19.1 Å². The highest BCUT2D eigenvalue weighted by molar-refractivity contribution is 6.28. The van der Waals surface area contributed by atoms with Gasteiger partial charge in [0.25, 0.3) is 0 Å². The van der Waals surface area contributed by atoms with Gasteiger partial charge in [0.15, 0.2) is 5.82 Å². The van der Waals surface area contributed by atoms with E-state index in [4.69, 9.17) is 9.97 Å². The molecular formula is C44H26N4. The van der Waals surface area contributed by atoms with Crippen LogP contribution in [0.25, 0.3) is 99.7 Å². The lowest BCUT2D eigenvalue weighted by Crippen LogP contribution is -2.03. The number of para-hydroxylation sites is 5. The van der Waals surface area contributed by atoms with Gasteiger partial charge >= 0.3 is 0 Å². The molecule has 7 aromatic carbocycles. The molecule has 0 bridgehead atoms. The fraction of sp³-hybridized carbons (Fsp3) is 0. The summed E-state index contributed by atoms with van der Waals surface area (Å²) < 4.78 is 4.85. The molecule has 3 aromatic heterocycles. The van der Waals surface area contributed by atoms with Gasteiger partial charge in [-0.25, -0.2) is 9.97 Å². The van der Waals surface area contributed by atoms with E-state index in [-0.39, 0.29) is 0 Å². The van der Waals surface area contributed by atoms with Crippen LogP contribution in [0, 0.1) is 0 Å². The Balaban J connectivity index is 1.41. The summed E-state index contributed by atoms with van der Waals surface area (Å²) in [7, 11) is 0. The number of hydrogen-bond acceptors (Lipinski definition) is 2. The lowest BCUT2D eigenvalue weighted by atomic mass is 9.91. The second-order valence-electron chi connectivity index (χ2n) is 12.6. The molecule has 0 saturated heterocycles. The molecule has 0 unspecified atom stereocenters. The predicted molar refractivity (Wildman–Crippen MR) is 198 cm³/mol. The van der Waals surface area contributed by atoms with Gasteiger partial charge in [-0.1, -0.05) is 121 Å². The van der Waals surface area contributed by atoms with E-state index in [1.807, 2.05) is 24.3 Å². The Bertz CT molecular complexity index is 2950. The minimum atomic E-state index is 0.826. The average Bonchev–Trinajstić information content (AvgIpc) is 3.62. The van der Waals surface area contributed by atoms with Crippen LogP contribution in [0.15, 0.2) is 158 Å². The van der Waals surface area contributed by atoms with Crippen LogP contribution in [0.2, 0.25) is 0 Å². The molecule has 0 aliphatic carbocycles. The summed E-state index contributed by atoms with van der Waals surface area (Å²) in [5, 5.41) is 4.86. The molecule has 0 atom stereocenters. The van der Waals surface area contributed by atoms with E-state index in [2.05, 4.69) is 143 Å². The third kappa shape index (κ3) is 3.33.